The van der Waals surface area contributed by atoms with Crippen molar-refractivity contribution in [1.82, 2.24) is 14.8 Å². The van der Waals surface area contributed by atoms with Crippen LogP contribution in [0.5, 0.6) is 0 Å². The fraction of sp³-hybridized carbons (Fsp3) is 0.667. The minimum Gasteiger partial charge on any atom is -0.377 e. The molecule has 130 valence electrons. The first-order valence-corrected chi connectivity index (χ1v) is 10.8. The topological polar surface area (TPSA) is 39.9 Å². The van der Waals surface area contributed by atoms with Crippen LogP contribution in [0.3, 0.4) is 0 Å². The molecule has 1 saturated heterocycles. The van der Waals surface area contributed by atoms with Crippen LogP contribution < -0.4 is 0 Å². The van der Waals surface area contributed by atoms with Crippen LogP contribution in [0.2, 0.25) is 0 Å². The third-order valence-corrected chi connectivity index (χ3v) is 7.63. The number of hydrogen-bond donors (Lipinski definition) is 0. The normalized spacial score (nSPS) is 23.6. The molecule has 4 rings (SSSR count). The van der Waals surface area contributed by atoms with Gasteiger partial charge >= 0.3 is 0 Å². The third-order valence-electron chi connectivity index (χ3n) is 5.24. The fourth-order valence-corrected chi connectivity index (χ4v) is 5.86. The van der Waals surface area contributed by atoms with Gasteiger partial charge in [-0.3, -0.25) is 0 Å². The van der Waals surface area contributed by atoms with Crippen LogP contribution in [0.1, 0.15) is 43.0 Å². The molecule has 0 N–H and O–H groups in total. The van der Waals surface area contributed by atoms with E-state index < -0.39 is 0 Å². The van der Waals surface area contributed by atoms with E-state index in [0.29, 0.717) is 6.10 Å². The summed E-state index contributed by atoms with van der Waals surface area (Å²) >= 11 is 3.68. The zero-order chi connectivity index (χ0) is 16.5. The first-order valence-electron chi connectivity index (χ1n) is 9.00. The maximum atomic E-state index is 5.71. The lowest BCUT2D eigenvalue weighted by molar-refractivity contribution is 0.129. The summed E-state index contributed by atoms with van der Waals surface area (Å²) in [4.78, 5) is 2.84. The van der Waals surface area contributed by atoms with Crippen molar-refractivity contribution in [2.24, 2.45) is 13.0 Å². The average molecular weight is 364 g/mol. The Kier molecular flexibility index (Phi) is 4.97. The Morgan fingerprint density at radius 2 is 2.29 bits per heavy atom. The van der Waals surface area contributed by atoms with Crippen molar-refractivity contribution in [3.05, 3.63) is 16.5 Å². The lowest BCUT2D eigenvalue weighted by Crippen LogP contribution is -2.10. The summed E-state index contributed by atoms with van der Waals surface area (Å²) in [5, 5.41) is 9.89. The maximum Gasteiger partial charge on any atom is 0.191 e. The summed E-state index contributed by atoms with van der Waals surface area (Å²) in [5.41, 5.74) is 1.55. The van der Waals surface area contributed by atoms with Crippen molar-refractivity contribution in [2.45, 2.75) is 56.7 Å². The number of nitrogens with zero attached hydrogens (tertiary/aromatic N) is 3. The van der Waals surface area contributed by atoms with Crippen molar-refractivity contribution in [1.29, 1.82) is 0 Å². The maximum absolute atomic E-state index is 5.71. The monoisotopic (exact) mass is 363 g/mol. The lowest BCUT2D eigenvalue weighted by atomic mass is 9.87. The molecule has 1 aliphatic heterocycles. The van der Waals surface area contributed by atoms with Crippen LogP contribution in [-0.2, 0) is 24.6 Å². The van der Waals surface area contributed by atoms with E-state index in [0.717, 1.165) is 29.3 Å². The molecule has 0 bridgehead atoms. The largest absolute Gasteiger partial charge is 0.377 e. The van der Waals surface area contributed by atoms with Crippen molar-refractivity contribution < 1.29 is 4.74 Å². The number of hydrogen-bond acceptors (Lipinski definition) is 5. The van der Waals surface area contributed by atoms with Gasteiger partial charge in [0.25, 0.3) is 0 Å². The van der Waals surface area contributed by atoms with Crippen LogP contribution in [0, 0.1) is 5.92 Å². The molecule has 1 aliphatic carbocycles. The Bertz CT molecular complexity index is 703. The average Bonchev–Trinajstić information content (AvgIpc) is 3.31. The predicted molar refractivity (Wildman–Crippen MR) is 99.8 cm³/mol. The standard InChI is InChI=1S/C18H25N3OS2/c1-3-12-6-7-15-13(9-12)10-16(24-15)17-19-20-18(21(17)2)23-11-14-5-4-8-22-14/h10,12,14H,3-9,11H2,1-2H3/t12-,14-/m0/s1. The highest BCUT2D eigenvalue weighted by Gasteiger charge is 2.23. The molecule has 0 spiro atoms. The minimum absolute atomic E-state index is 0.384. The van der Waals surface area contributed by atoms with Crippen molar-refractivity contribution >= 4 is 23.1 Å². The Labute approximate surface area is 152 Å². The van der Waals surface area contributed by atoms with Crippen molar-refractivity contribution in [3.8, 4) is 10.7 Å². The van der Waals surface area contributed by atoms with Gasteiger partial charge in [-0.1, -0.05) is 25.1 Å². The second kappa shape index (κ2) is 7.18. The van der Waals surface area contributed by atoms with E-state index in [1.165, 1.54) is 43.4 Å². The minimum atomic E-state index is 0.384. The zero-order valence-electron chi connectivity index (χ0n) is 14.5. The molecule has 0 unspecified atom stereocenters. The molecule has 6 heteroatoms. The third kappa shape index (κ3) is 3.28. The van der Waals surface area contributed by atoms with Gasteiger partial charge in [0.15, 0.2) is 11.0 Å². The number of fused-ring (bicyclic) bond motifs is 1. The number of aryl methyl sites for hydroxylation is 1. The Balaban J connectivity index is 1.49. The zero-order valence-corrected chi connectivity index (χ0v) is 16.1. The second-order valence-electron chi connectivity index (χ2n) is 6.89. The van der Waals surface area contributed by atoms with Crippen molar-refractivity contribution in [2.75, 3.05) is 12.4 Å². The first kappa shape index (κ1) is 16.6. The molecular weight excluding hydrogens is 338 g/mol. The molecule has 2 aromatic rings. The van der Waals surface area contributed by atoms with E-state index in [-0.39, 0.29) is 0 Å². The van der Waals surface area contributed by atoms with Gasteiger partial charge < -0.3 is 9.30 Å². The second-order valence-corrected chi connectivity index (χ2v) is 9.01. The quantitative estimate of drug-likeness (QED) is 0.741. The summed E-state index contributed by atoms with van der Waals surface area (Å²) in [5.74, 6) is 2.85. The molecule has 4 nitrogen and oxygen atoms in total. The van der Waals surface area contributed by atoms with E-state index in [4.69, 9.17) is 4.74 Å². The first-order chi connectivity index (χ1) is 11.7. The van der Waals surface area contributed by atoms with Crippen LogP contribution in [-0.4, -0.2) is 33.2 Å². The molecule has 3 heterocycles. The highest BCUT2D eigenvalue weighted by atomic mass is 32.2. The number of ether oxygens (including phenoxy) is 1. The highest BCUT2D eigenvalue weighted by molar-refractivity contribution is 7.99. The van der Waals surface area contributed by atoms with Crippen LogP contribution >= 0.6 is 23.1 Å². The molecular formula is C18H25N3OS2. The summed E-state index contributed by atoms with van der Waals surface area (Å²) in [6.45, 7) is 3.22. The molecule has 0 radical (unpaired) electrons. The Morgan fingerprint density at radius 3 is 3.08 bits per heavy atom. The van der Waals surface area contributed by atoms with Crippen LogP contribution in [0.4, 0.5) is 0 Å². The van der Waals surface area contributed by atoms with Gasteiger partial charge in [0.2, 0.25) is 0 Å². The number of rotatable bonds is 5. The van der Waals surface area contributed by atoms with Crippen molar-refractivity contribution in [3.63, 3.8) is 0 Å². The van der Waals surface area contributed by atoms with E-state index in [1.54, 1.807) is 22.2 Å². The SMILES string of the molecule is CC[C@H]1CCc2sc(-c3nnc(SC[C@@H]4CCCO4)n3C)cc2C1. The van der Waals surface area contributed by atoms with Gasteiger partial charge in [-0.05, 0) is 49.7 Å². The number of thioether (sulfide) groups is 1. The molecule has 2 aliphatic rings. The van der Waals surface area contributed by atoms with Gasteiger partial charge in [-0.2, -0.15) is 0 Å². The van der Waals surface area contributed by atoms with E-state index in [9.17, 15) is 0 Å². The summed E-state index contributed by atoms with van der Waals surface area (Å²) in [6, 6.07) is 2.36. The Hall–Kier alpha value is -0.850. The van der Waals surface area contributed by atoms with Crippen LogP contribution in [0.25, 0.3) is 10.7 Å². The van der Waals surface area contributed by atoms with E-state index in [2.05, 4.69) is 34.8 Å². The fourth-order valence-electron chi connectivity index (χ4n) is 3.66. The number of thiophene rings is 1. The van der Waals surface area contributed by atoms with Crippen LogP contribution in [0.15, 0.2) is 11.2 Å². The smallest absolute Gasteiger partial charge is 0.191 e. The summed E-state index contributed by atoms with van der Waals surface area (Å²) in [6.07, 6.45) is 7.85. The summed E-state index contributed by atoms with van der Waals surface area (Å²) in [7, 11) is 2.08. The lowest BCUT2D eigenvalue weighted by Gasteiger charge is -2.19. The Morgan fingerprint density at radius 1 is 1.38 bits per heavy atom. The molecule has 24 heavy (non-hydrogen) atoms. The van der Waals surface area contributed by atoms with E-state index in [1.807, 2.05) is 11.3 Å². The van der Waals surface area contributed by atoms with Gasteiger partial charge in [0.05, 0.1) is 11.0 Å². The molecule has 1 fully saturated rings. The van der Waals surface area contributed by atoms with E-state index >= 15 is 0 Å². The molecule has 0 aromatic carbocycles. The van der Waals surface area contributed by atoms with Gasteiger partial charge in [0.1, 0.15) is 0 Å². The van der Waals surface area contributed by atoms with Gasteiger partial charge in [-0.25, -0.2) is 0 Å². The summed E-state index contributed by atoms with van der Waals surface area (Å²) < 4.78 is 7.85. The highest BCUT2D eigenvalue weighted by Crippen LogP contribution is 2.38. The predicted octanol–water partition coefficient (Wildman–Crippen LogP) is 4.33. The number of aromatic nitrogens is 3. The molecule has 2 aromatic heterocycles. The molecule has 0 amide bonds. The van der Waals surface area contributed by atoms with Gasteiger partial charge in [-0.15, -0.1) is 21.5 Å². The molecule has 0 saturated carbocycles. The van der Waals surface area contributed by atoms with Gasteiger partial charge in [0, 0.05) is 24.3 Å². The molecule has 2 atom stereocenters.